The Morgan fingerprint density at radius 3 is 3.00 bits per heavy atom. The van der Waals surface area contributed by atoms with Gasteiger partial charge in [0.05, 0.1) is 5.52 Å². The van der Waals surface area contributed by atoms with E-state index >= 15 is 0 Å². The topological polar surface area (TPSA) is 82.2 Å². The molecule has 2 aromatic heterocycles. The molecule has 1 N–H and O–H groups in total. The summed E-state index contributed by atoms with van der Waals surface area (Å²) >= 11 is 0. The van der Waals surface area contributed by atoms with Crippen molar-refractivity contribution < 1.29 is 18.4 Å². The lowest BCUT2D eigenvalue weighted by Crippen LogP contribution is -2.31. The first-order chi connectivity index (χ1) is 11.5. The zero-order valence-corrected chi connectivity index (χ0v) is 13.4. The number of carbonyl (C=O) groups is 1. The zero-order valence-electron chi connectivity index (χ0n) is 13.4. The number of amides is 1. The first-order valence-electron chi connectivity index (χ1n) is 7.47. The minimum Gasteiger partial charge on any atom is -0.465 e. The number of carbonyl (C=O) groups excluding carboxylic acids is 1. The number of aromatic nitrogens is 3. The second-order valence-electron chi connectivity index (χ2n) is 5.36. The molecule has 0 saturated carbocycles. The molecule has 0 unspecified atom stereocenters. The van der Waals surface area contributed by atoms with Crippen LogP contribution in [-0.2, 0) is 18.3 Å². The van der Waals surface area contributed by atoms with Gasteiger partial charge in [0.2, 0.25) is 0 Å². The summed E-state index contributed by atoms with van der Waals surface area (Å²) in [4.78, 5) is 16.0. The van der Waals surface area contributed by atoms with Crippen LogP contribution < -0.4 is 10.1 Å². The zero-order chi connectivity index (χ0) is 17.1. The Hall–Kier alpha value is -2.90. The van der Waals surface area contributed by atoms with Gasteiger partial charge in [0.15, 0.2) is 12.4 Å². The molecule has 3 rings (SSSR count). The molecule has 126 valence electrons. The summed E-state index contributed by atoms with van der Waals surface area (Å²) in [5.41, 5.74) is 1.06. The van der Waals surface area contributed by atoms with Gasteiger partial charge in [-0.2, -0.15) is 0 Å². The summed E-state index contributed by atoms with van der Waals surface area (Å²) in [6.45, 7) is 1.96. The van der Waals surface area contributed by atoms with Gasteiger partial charge < -0.3 is 19.1 Å². The summed E-state index contributed by atoms with van der Waals surface area (Å²) in [5.74, 6) is 0.951. The molecule has 1 aromatic carbocycles. The van der Waals surface area contributed by atoms with Crippen LogP contribution in [0, 0.1) is 12.7 Å². The number of nitrogens with one attached hydrogen (secondary N) is 1. The molecular formula is C16H17FN4O3. The number of fused-ring (bicyclic) bond motifs is 1. The van der Waals surface area contributed by atoms with Gasteiger partial charge >= 0.3 is 0 Å². The van der Waals surface area contributed by atoms with E-state index in [1.165, 1.54) is 6.07 Å². The van der Waals surface area contributed by atoms with Crippen LogP contribution in [0.4, 0.5) is 4.39 Å². The molecule has 0 radical (unpaired) electrons. The van der Waals surface area contributed by atoms with E-state index < -0.39 is 0 Å². The number of imidazole rings is 1. The maximum Gasteiger partial charge on any atom is 0.258 e. The predicted molar refractivity (Wildman–Crippen MR) is 84.1 cm³/mol. The number of para-hydroxylation sites is 1. The number of halogens is 1. The van der Waals surface area contributed by atoms with Crippen LogP contribution in [0.5, 0.6) is 5.88 Å². The molecular weight excluding hydrogens is 315 g/mol. The van der Waals surface area contributed by atoms with E-state index in [-0.39, 0.29) is 24.2 Å². The Kier molecular flexibility index (Phi) is 4.45. The van der Waals surface area contributed by atoms with E-state index in [1.807, 2.05) is 11.6 Å². The van der Waals surface area contributed by atoms with Gasteiger partial charge in [-0.25, -0.2) is 9.37 Å². The van der Waals surface area contributed by atoms with Gasteiger partial charge in [-0.05, 0) is 24.2 Å². The summed E-state index contributed by atoms with van der Waals surface area (Å²) in [7, 11) is 1.82. The Morgan fingerprint density at radius 2 is 2.29 bits per heavy atom. The molecule has 8 heteroatoms. The van der Waals surface area contributed by atoms with Gasteiger partial charge in [-0.15, -0.1) is 0 Å². The summed E-state index contributed by atoms with van der Waals surface area (Å²) in [6.07, 6.45) is 0.486. The Labute approximate surface area is 137 Å². The third-order valence-electron chi connectivity index (χ3n) is 3.58. The van der Waals surface area contributed by atoms with Crippen LogP contribution in [-0.4, -0.2) is 33.8 Å². The molecule has 0 atom stereocenters. The minimum absolute atomic E-state index is 0.150. The molecule has 0 aliphatic rings. The van der Waals surface area contributed by atoms with Crippen molar-refractivity contribution in [3.63, 3.8) is 0 Å². The van der Waals surface area contributed by atoms with Crippen molar-refractivity contribution in [2.45, 2.75) is 13.3 Å². The molecule has 0 saturated heterocycles. The number of nitrogens with zero attached hydrogens (tertiary/aromatic N) is 3. The number of rotatable bonds is 6. The quantitative estimate of drug-likeness (QED) is 0.743. The fourth-order valence-corrected chi connectivity index (χ4v) is 2.37. The fourth-order valence-electron chi connectivity index (χ4n) is 2.37. The van der Waals surface area contributed by atoms with Crippen LogP contribution in [0.2, 0.25) is 0 Å². The number of hydrogen-bond acceptors (Lipinski definition) is 5. The third-order valence-corrected chi connectivity index (χ3v) is 3.58. The van der Waals surface area contributed by atoms with E-state index in [0.717, 1.165) is 5.52 Å². The highest BCUT2D eigenvalue weighted by Gasteiger charge is 2.11. The van der Waals surface area contributed by atoms with E-state index in [1.54, 1.807) is 25.1 Å². The molecule has 0 fully saturated rings. The van der Waals surface area contributed by atoms with Crippen LogP contribution >= 0.6 is 0 Å². The standard InChI is InChI=1S/C16H17FN4O3/c1-10-8-15(20-24-10)23-9-14(22)18-7-6-13-19-16-11(17)4-3-5-12(16)21(13)2/h3-5,8H,6-7,9H2,1-2H3,(H,18,22). The third kappa shape index (κ3) is 3.37. The first-order valence-corrected chi connectivity index (χ1v) is 7.47. The average molecular weight is 332 g/mol. The highest BCUT2D eigenvalue weighted by Crippen LogP contribution is 2.18. The van der Waals surface area contributed by atoms with Crippen molar-refractivity contribution >= 4 is 16.9 Å². The minimum atomic E-state index is -0.352. The van der Waals surface area contributed by atoms with E-state index in [0.29, 0.717) is 30.1 Å². The molecule has 2 heterocycles. The largest absolute Gasteiger partial charge is 0.465 e. The number of benzene rings is 1. The van der Waals surface area contributed by atoms with Gasteiger partial charge in [0, 0.05) is 26.1 Å². The Balaban J connectivity index is 1.52. The van der Waals surface area contributed by atoms with Crippen molar-refractivity contribution in [2.24, 2.45) is 7.05 Å². The summed E-state index contributed by atoms with van der Waals surface area (Å²) in [5, 5.41) is 6.36. The van der Waals surface area contributed by atoms with Crippen molar-refractivity contribution in [3.05, 3.63) is 41.7 Å². The number of ether oxygens (including phenoxy) is 1. The Morgan fingerprint density at radius 1 is 1.46 bits per heavy atom. The number of hydrogen-bond donors (Lipinski definition) is 1. The van der Waals surface area contributed by atoms with Crippen LogP contribution in [0.3, 0.4) is 0 Å². The summed E-state index contributed by atoms with van der Waals surface area (Å²) < 4.78 is 25.6. The van der Waals surface area contributed by atoms with Gasteiger partial charge in [0.1, 0.15) is 17.1 Å². The van der Waals surface area contributed by atoms with Crippen molar-refractivity contribution in [2.75, 3.05) is 13.2 Å². The highest BCUT2D eigenvalue weighted by atomic mass is 19.1. The Bertz CT molecular complexity index is 871. The van der Waals surface area contributed by atoms with Crippen molar-refractivity contribution in [1.82, 2.24) is 20.0 Å². The molecule has 0 aliphatic heterocycles. The fraction of sp³-hybridized carbons (Fsp3) is 0.312. The maximum atomic E-state index is 13.7. The molecule has 1 amide bonds. The van der Waals surface area contributed by atoms with E-state index in [2.05, 4.69) is 15.5 Å². The smallest absolute Gasteiger partial charge is 0.258 e. The van der Waals surface area contributed by atoms with Crippen LogP contribution in [0.15, 0.2) is 28.8 Å². The summed E-state index contributed by atoms with van der Waals surface area (Å²) in [6, 6.07) is 6.43. The first kappa shape index (κ1) is 16.0. The molecule has 0 bridgehead atoms. The molecule has 0 aliphatic carbocycles. The number of aryl methyl sites for hydroxylation is 2. The maximum absolute atomic E-state index is 13.7. The normalized spacial score (nSPS) is 11.0. The average Bonchev–Trinajstić information content (AvgIpc) is 3.11. The second-order valence-corrected chi connectivity index (χ2v) is 5.36. The molecule has 24 heavy (non-hydrogen) atoms. The van der Waals surface area contributed by atoms with E-state index in [9.17, 15) is 9.18 Å². The van der Waals surface area contributed by atoms with Gasteiger partial charge in [-0.1, -0.05) is 6.07 Å². The monoisotopic (exact) mass is 332 g/mol. The lowest BCUT2D eigenvalue weighted by Gasteiger charge is -2.05. The SMILES string of the molecule is Cc1cc(OCC(=O)NCCc2nc3c(F)cccc3n2C)no1. The molecule has 0 spiro atoms. The second kappa shape index (κ2) is 6.69. The van der Waals surface area contributed by atoms with Crippen LogP contribution in [0.25, 0.3) is 11.0 Å². The van der Waals surface area contributed by atoms with Gasteiger partial charge in [-0.3, -0.25) is 4.79 Å². The molecule has 7 nitrogen and oxygen atoms in total. The highest BCUT2D eigenvalue weighted by molar-refractivity contribution is 5.78. The molecule has 3 aromatic rings. The van der Waals surface area contributed by atoms with Crippen LogP contribution in [0.1, 0.15) is 11.6 Å². The van der Waals surface area contributed by atoms with E-state index in [4.69, 9.17) is 9.26 Å². The van der Waals surface area contributed by atoms with Crippen molar-refractivity contribution in [1.29, 1.82) is 0 Å². The lowest BCUT2D eigenvalue weighted by molar-refractivity contribution is -0.123. The lowest BCUT2D eigenvalue weighted by atomic mass is 10.3. The van der Waals surface area contributed by atoms with Gasteiger partial charge in [0.25, 0.3) is 11.8 Å². The predicted octanol–water partition coefficient (Wildman–Crippen LogP) is 1.75. The van der Waals surface area contributed by atoms with Crippen molar-refractivity contribution in [3.8, 4) is 5.88 Å².